The molecular formula is C17H15F2IN4O3. The zero-order valence-electron chi connectivity index (χ0n) is 14.1. The summed E-state index contributed by atoms with van der Waals surface area (Å²) in [6, 6.07) is 5.80. The van der Waals surface area contributed by atoms with E-state index in [2.05, 4.69) is 15.8 Å². The molecule has 1 heterocycles. The number of aromatic nitrogens is 2. The molecule has 3 rings (SSSR count). The summed E-state index contributed by atoms with van der Waals surface area (Å²) >= 11 is 1.95. The number of hydroxylamine groups is 1. The third-order valence-corrected chi connectivity index (χ3v) is 4.43. The lowest BCUT2D eigenvalue weighted by molar-refractivity contribution is 0.0169. The van der Waals surface area contributed by atoms with E-state index in [1.54, 1.807) is 17.7 Å². The molecule has 0 aliphatic rings. The number of hydrogen-bond donors (Lipinski definition) is 3. The number of amides is 1. The Kier molecular flexibility index (Phi) is 5.87. The first-order chi connectivity index (χ1) is 12.9. The van der Waals surface area contributed by atoms with Crippen molar-refractivity contribution in [3.8, 4) is 0 Å². The van der Waals surface area contributed by atoms with Gasteiger partial charge in [-0.25, -0.2) is 19.2 Å². The standard InChI is InChI=1S/C17H15F2IN4O3/c1-24-8-21-16-13(24)7-10(17(26)23-27-5-4-25)15(14(16)19)22-12-3-2-9(20)6-11(12)18/h2-3,6-8,22,25H,4-5H2,1H3,(H,23,26). The molecule has 0 radical (unpaired) electrons. The maximum atomic E-state index is 15.1. The minimum atomic E-state index is -0.793. The molecule has 0 unspecified atom stereocenters. The zero-order chi connectivity index (χ0) is 19.6. The largest absolute Gasteiger partial charge is 0.394 e. The Morgan fingerprint density at radius 2 is 2.15 bits per heavy atom. The van der Waals surface area contributed by atoms with Gasteiger partial charge in [-0.3, -0.25) is 9.63 Å². The first-order valence-electron chi connectivity index (χ1n) is 7.81. The molecule has 3 aromatic rings. The van der Waals surface area contributed by atoms with E-state index in [1.165, 1.54) is 24.5 Å². The number of aryl methyl sites for hydroxylation is 1. The highest BCUT2D eigenvalue weighted by atomic mass is 127. The SMILES string of the molecule is Cn1cnc2c(F)c(Nc3ccc(I)cc3F)c(C(=O)NOCCO)cc21. The number of anilines is 2. The van der Waals surface area contributed by atoms with Crippen LogP contribution in [0, 0.1) is 15.2 Å². The molecule has 0 fully saturated rings. The van der Waals surface area contributed by atoms with Crippen molar-refractivity contribution < 1.29 is 23.5 Å². The second kappa shape index (κ2) is 8.15. The van der Waals surface area contributed by atoms with Crippen LogP contribution in [0.2, 0.25) is 0 Å². The minimum Gasteiger partial charge on any atom is -0.394 e. The van der Waals surface area contributed by atoms with Gasteiger partial charge in [-0.05, 0) is 46.9 Å². The van der Waals surface area contributed by atoms with Crippen LogP contribution < -0.4 is 10.8 Å². The molecule has 27 heavy (non-hydrogen) atoms. The average Bonchev–Trinajstić information content (AvgIpc) is 3.00. The molecule has 0 aliphatic heterocycles. The summed E-state index contributed by atoms with van der Waals surface area (Å²) in [5, 5.41) is 11.4. The van der Waals surface area contributed by atoms with Crippen LogP contribution in [0.4, 0.5) is 20.2 Å². The Morgan fingerprint density at radius 3 is 2.85 bits per heavy atom. The van der Waals surface area contributed by atoms with Crippen molar-refractivity contribution >= 4 is 50.9 Å². The monoisotopic (exact) mass is 488 g/mol. The number of aliphatic hydroxyl groups is 1. The predicted octanol–water partition coefficient (Wildman–Crippen LogP) is 2.85. The first kappa shape index (κ1) is 19.5. The van der Waals surface area contributed by atoms with Crippen molar-refractivity contribution in [3.05, 3.63) is 51.4 Å². The summed E-state index contributed by atoms with van der Waals surface area (Å²) in [6.45, 7) is -0.426. The molecule has 142 valence electrons. The molecule has 0 spiro atoms. The van der Waals surface area contributed by atoms with Gasteiger partial charge in [-0.15, -0.1) is 0 Å². The number of imidazole rings is 1. The lowest BCUT2D eigenvalue weighted by atomic mass is 10.1. The summed E-state index contributed by atoms with van der Waals surface area (Å²) in [6.07, 6.45) is 1.41. The first-order valence-corrected chi connectivity index (χ1v) is 8.89. The van der Waals surface area contributed by atoms with Gasteiger partial charge in [0.15, 0.2) is 5.82 Å². The molecule has 1 aromatic heterocycles. The van der Waals surface area contributed by atoms with Crippen LogP contribution >= 0.6 is 22.6 Å². The van der Waals surface area contributed by atoms with Gasteiger partial charge in [0.05, 0.1) is 42.0 Å². The number of halogens is 3. The van der Waals surface area contributed by atoms with Crippen LogP contribution in [-0.2, 0) is 11.9 Å². The van der Waals surface area contributed by atoms with Gasteiger partial charge >= 0.3 is 0 Å². The van der Waals surface area contributed by atoms with Crippen LogP contribution in [0.25, 0.3) is 11.0 Å². The summed E-state index contributed by atoms with van der Waals surface area (Å²) < 4.78 is 31.5. The number of fused-ring (bicyclic) bond motifs is 1. The maximum absolute atomic E-state index is 15.1. The third kappa shape index (κ3) is 4.01. The molecule has 0 bridgehead atoms. The number of nitrogens with zero attached hydrogens (tertiary/aromatic N) is 2. The summed E-state index contributed by atoms with van der Waals surface area (Å²) in [5.74, 6) is -2.14. The molecule has 10 heteroatoms. The van der Waals surface area contributed by atoms with Crippen LogP contribution in [-0.4, -0.2) is 33.8 Å². The van der Waals surface area contributed by atoms with E-state index in [-0.39, 0.29) is 35.7 Å². The van der Waals surface area contributed by atoms with Crippen molar-refractivity contribution in [1.29, 1.82) is 0 Å². The number of aliphatic hydroxyl groups excluding tert-OH is 1. The molecule has 7 nitrogen and oxygen atoms in total. The Labute approximate surface area is 166 Å². The lowest BCUT2D eigenvalue weighted by Gasteiger charge is -2.15. The molecule has 0 aliphatic carbocycles. The van der Waals surface area contributed by atoms with Crippen molar-refractivity contribution in [2.75, 3.05) is 18.5 Å². The van der Waals surface area contributed by atoms with E-state index in [9.17, 15) is 9.18 Å². The van der Waals surface area contributed by atoms with E-state index in [4.69, 9.17) is 9.94 Å². The number of rotatable bonds is 6. The van der Waals surface area contributed by atoms with Crippen LogP contribution in [0.15, 0.2) is 30.6 Å². The molecule has 1 amide bonds. The summed E-state index contributed by atoms with van der Waals surface area (Å²) in [4.78, 5) is 21.2. The highest BCUT2D eigenvalue weighted by molar-refractivity contribution is 14.1. The fraction of sp³-hybridized carbons (Fsp3) is 0.176. The van der Waals surface area contributed by atoms with Crippen molar-refractivity contribution in [2.24, 2.45) is 7.05 Å². The number of hydrogen-bond acceptors (Lipinski definition) is 5. The number of benzene rings is 2. The van der Waals surface area contributed by atoms with E-state index < -0.39 is 17.5 Å². The zero-order valence-corrected chi connectivity index (χ0v) is 16.3. The molecular weight excluding hydrogens is 473 g/mol. The number of nitrogens with one attached hydrogen (secondary N) is 2. The van der Waals surface area contributed by atoms with Gasteiger partial charge in [-0.2, -0.15) is 0 Å². The van der Waals surface area contributed by atoms with E-state index >= 15 is 4.39 Å². The normalized spacial score (nSPS) is 11.0. The fourth-order valence-corrected chi connectivity index (χ4v) is 2.92. The smallest absolute Gasteiger partial charge is 0.277 e. The minimum absolute atomic E-state index is 0.00919. The van der Waals surface area contributed by atoms with Gasteiger partial charge in [0.1, 0.15) is 11.3 Å². The van der Waals surface area contributed by atoms with Crippen LogP contribution in [0.1, 0.15) is 10.4 Å². The van der Waals surface area contributed by atoms with Crippen molar-refractivity contribution in [3.63, 3.8) is 0 Å². The van der Waals surface area contributed by atoms with Crippen LogP contribution in [0.5, 0.6) is 0 Å². The van der Waals surface area contributed by atoms with Crippen molar-refractivity contribution in [1.82, 2.24) is 15.0 Å². The maximum Gasteiger partial charge on any atom is 0.277 e. The quantitative estimate of drug-likeness (QED) is 0.282. The second-order valence-corrected chi connectivity index (χ2v) is 6.83. The molecule has 0 saturated heterocycles. The molecule has 0 saturated carbocycles. The number of carbonyl (C=O) groups excluding carboxylic acids is 1. The Bertz CT molecular complexity index is 1010. The van der Waals surface area contributed by atoms with Crippen molar-refractivity contribution in [2.45, 2.75) is 0 Å². The summed E-state index contributed by atoms with van der Waals surface area (Å²) in [5.41, 5.74) is 2.23. The van der Waals surface area contributed by atoms with Gasteiger partial charge in [0.25, 0.3) is 5.91 Å². The van der Waals surface area contributed by atoms with E-state index in [0.29, 0.717) is 9.09 Å². The van der Waals surface area contributed by atoms with Crippen LogP contribution in [0.3, 0.4) is 0 Å². The highest BCUT2D eigenvalue weighted by Gasteiger charge is 2.22. The fourth-order valence-electron chi connectivity index (χ4n) is 2.47. The van der Waals surface area contributed by atoms with E-state index in [0.717, 1.165) is 0 Å². The Morgan fingerprint density at radius 1 is 1.37 bits per heavy atom. The average molecular weight is 488 g/mol. The highest BCUT2D eigenvalue weighted by Crippen LogP contribution is 2.31. The van der Waals surface area contributed by atoms with Gasteiger partial charge in [-0.1, -0.05) is 0 Å². The third-order valence-electron chi connectivity index (χ3n) is 3.75. The van der Waals surface area contributed by atoms with E-state index in [1.807, 2.05) is 22.6 Å². The summed E-state index contributed by atoms with van der Waals surface area (Å²) in [7, 11) is 1.66. The molecule has 0 atom stereocenters. The second-order valence-electron chi connectivity index (χ2n) is 5.59. The number of carbonyl (C=O) groups is 1. The Balaban J connectivity index is 2.09. The lowest BCUT2D eigenvalue weighted by Crippen LogP contribution is -2.26. The topological polar surface area (TPSA) is 88.4 Å². The predicted molar refractivity (Wildman–Crippen MR) is 104 cm³/mol. The van der Waals surface area contributed by atoms with Gasteiger partial charge in [0, 0.05) is 10.6 Å². The van der Waals surface area contributed by atoms with Gasteiger partial charge in [0.2, 0.25) is 0 Å². The van der Waals surface area contributed by atoms with Gasteiger partial charge < -0.3 is 15.0 Å². The molecule has 2 aromatic carbocycles. The Hall–Kier alpha value is -2.31. The molecule has 3 N–H and O–H groups in total.